The van der Waals surface area contributed by atoms with E-state index >= 15 is 0 Å². The van der Waals surface area contributed by atoms with E-state index in [0.29, 0.717) is 49.5 Å². The summed E-state index contributed by atoms with van der Waals surface area (Å²) in [6.07, 6.45) is 1.82. The first kappa shape index (κ1) is 29.3. The predicted octanol–water partition coefficient (Wildman–Crippen LogP) is 5.26. The summed E-state index contributed by atoms with van der Waals surface area (Å²) >= 11 is 0. The van der Waals surface area contributed by atoms with Crippen LogP contribution in [0.25, 0.3) is 0 Å². The van der Waals surface area contributed by atoms with Crippen molar-refractivity contribution in [1.29, 1.82) is 0 Å². The van der Waals surface area contributed by atoms with Crippen molar-refractivity contribution >= 4 is 23.5 Å². The Morgan fingerprint density at radius 1 is 1.05 bits per heavy atom. The Hall–Kier alpha value is -4.24. The summed E-state index contributed by atoms with van der Waals surface area (Å²) in [6.45, 7) is 7.55. The number of ether oxygens (including phenoxy) is 1. The van der Waals surface area contributed by atoms with Crippen LogP contribution in [0.5, 0.6) is 11.5 Å². The van der Waals surface area contributed by atoms with E-state index in [4.69, 9.17) is 4.74 Å². The summed E-state index contributed by atoms with van der Waals surface area (Å²) in [5, 5.41) is 12.3. The van der Waals surface area contributed by atoms with E-state index in [1.54, 1.807) is 18.2 Å². The second-order valence-corrected chi connectivity index (χ2v) is 11.1. The number of rotatable bonds is 9. The van der Waals surface area contributed by atoms with Crippen LogP contribution < -0.4 is 10.1 Å². The third-order valence-corrected chi connectivity index (χ3v) is 8.37. The Bertz CT molecular complexity index is 1420. The molecule has 2 aliphatic rings. The maximum atomic E-state index is 14.0. The minimum absolute atomic E-state index is 0.0311. The number of carboxylic acids is 1. The molecule has 0 aromatic heterocycles. The molecule has 0 spiro atoms. The van der Waals surface area contributed by atoms with E-state index in [2.05, 4.69) is 29.3 Å². The quantitative estimate of drug-likeness (QED) is 0.363. The van der Waals surface area contributed by atoms with Gasteiger partial charge in [-0.2, -0.15) is 0 Å². The highest BCUT2D eigenvalue weighted by Gasteiger charge is 2.38. The van der Waals surface area contributed by atoms with Gasteiger partial charge >= 0.3 is 5.97 Å². The van der Waals surface area contributed by atoms with E-state index in [0.717, 1.165) is 5.56 Å². The second-order valence-electron chi connectivity index (χ2n) is 11.1. The number of fused-ring (bicyclic) bond motifs is 1. The molecule has 3 unspecified atom stereocenters. The number of amides is 2. The van der Waals surface area contributed by atoms with Gasteiger partial charge in [0, 0.05) is 12.1 Å². The normalized spacial score (nSPS) is 18.4. The van der Waals surface area contributed by atoms with Crippen LogP contribution in [0.1, 0.15) is 35.7 Å². The van der Waals surface area contributed by atoms with E-state index in [9.17, 15) is 23.9 Å². The number of carbonyl (C=O) groups is 3. The molecule has 1 fully saturated rings. The number of piperidine rings is 1. The number of hydrogen-bond acceptors (Lipinski definition) is 5. The zero-order valence-corrected chi connectivity index (χ0v) is 23.5. The monoisotopic (exact) mass is 572 g/mol. The molecule has 2 aliphatic heterocycles. The van der Waals surface area contributed by atoms with E-state index in [1.807, 2.05) is 25.1 Å². The van der Waals surface area contributed by atoms with Crippen LogP contribution >= 0.6 is 0 Å². The Labute approximate surface area is 245 Å². The largest absolute Gasteiger partial charge is 0.481 e. The van der Waals surface area contributed by atoms with Gasteiger partial charge in [-0.05, 0) is 93.2 Å². The Morgan fingerprint density at radius 3 is 2.38 bits per heavy atom. The van der Waals surface area contributed by atoms with Gasteiger partial charge in [-0.1, -0.05) is 37.3 Å². The number of carbonyl (C=O) groups excluding carboxylic acids is 2. The first-order chi connectivity index (χ1) is 20.2. The van der Waals surface area contributed by atoms with Gasteiger partial charge in [-0.3, -0.25) is 19.3 Å². The number of carboxylic acid groups (broad SMARTS) is 1. The average Bonchev–Trinajstić information content (AvgIpc) is 3.12. The predicted molar refractivity (Wildman–Crippen MR) is 157 cm³/mol. The molecule has 1 radical (unpaired) electrons. The molecule has 1 saturated heterocycles. The van der Waals surface area contributed by atoms with E-state index in [-0.39, 0.29) is 47.6 Å². The fourth-order valence-electron chi connectivity index (χ4n) is 5.87. The fraction of sp³-hybridized carbons (Fsp3) is 0.333. The molecule has 3 aromatic rings. The van der Waals surface area contributed by atoms with Gasteiger partial charge in [0.15, 0.2) is 0 Å². The van der Waals surface area contributed by atoms with Crippen molar-refractivity contribution in [3.05, 3.63) is 96.7 Å². The SMILES string of the molecule is [CH2]C(C(C)C(Cc1ccccc1)N1CCC(C(=O)O)CC1)N1CC(=O)Nc2ccc(Oc3ccc(F)cc3)cc2C1=O. The molecule has 5 rings (SSSR count). The van der Waals surface area contributed by atoms with E-state index in [1.165, 1.54) is 29.2 Å². The standard InChI is InChI=1S/C33H35FN3O5/c1-21(30(18-23-6-4-3-5-7-23)36-16-14-24(15-17-36)33(40)41)22(2)37-20-31(38)35-29-13-12-27(19-28(29)32(37)39)42-26-10-8-25(34)9-11-26/h3-13,19,21-22,24,30H,2,14-18,20H2,1H3,(H,35,38)(H,40,41). The topological polar surface area (TPSA) is 99.2 Å². The highest BCUT2D eigenvalue weighted by molar-refractivity contribution is 6.09. The van der Waals surface area contributed by atoms with Gasteiger partial charge in [-0.15, -0.1) is 0 Å². The van der Waals surface area contributed by atoms with Crippen molar-refractivity contribution in [2.75, 3.05) is 25.0 Å². The first-order valence-electron chi connectivity index (χ1n) is 14.2. The van der Waals surface area contributed by atoms with Crippen LogP contribution in [0.15, 0.2) is 72.8 Å². The molecule has 42 heavy (non-hydrogen) atoms. The van der Waals surface area contributed by atoms with Crippen molar-refractivity contribution in [3.8, 4) is 11.5 Å². The van der Waals surface area contributed by atoms with Crippen molar-refractivity contribution in [3.63, 3.8) is 0 Å². The molecule has 3 atom stereocenters. The molecule has 0 bridgehead atoms. The average molecular weight is 573 g/mol. The number of anilines is 1. The maximum absolute atomic E-state index is 14.0. The Balaban J connectivity index is 1.39. The zero-order valence-electron chi connectivity index (χ0n) is 23.5. The molecule has 0 saturated carbocycles. The van der Waals surface area contributed by atoms with Gasteiger partial charge < -0.3 is 20.1 Å². The van der Waals surface area contributed by atoms with E-state index < -0.39 is 12.0 Å². The minimum atomic E-state index is -0.764. The van der Waals surface area contributed by atoms with Crippen LogP contribution in [0.4, 0.5) is 10.1 Å². The van der Waals surface area contributed by atoms with Gasteiger partial charge in [0.25, 0.3) is 5.91 Å². The fourth-order valence-corrected chi connectivity index (χ4v) is 5.87. The summed E-state index contributed by atoms with van der Waals surface area (Å²) < 4.78 is 19.2. The first-order valence-corrected chi connectivity index (χ1v) is 14.2. The summed E-state index contributed by atoms with van der Waals surface area (Å²) in [7, 11) is 0. The van der Waals surface area contributed by atoms with Crippen molar-refractivity contribution in [1.82, 2.24) is 9.80 Å². The number of nitrogens with zero attached hydrogens (tertiary/aromatic N) is 2. The van der Waals surface area contributed by atoms with Gasteiger partial charge in [-0.25, -0.2) is 4.39 Å². The molecule has 8 nitrogen and oxygen atoms in total. The number of benzene rings is 3. The summed E-state index contributed by atoms with van der Waals surface area (Å²) in [5.41, 5.74) is 1.80. The number of halogens is 1. The highest BCUT2D eigenvalue weighted by Crippen LogP contribution is 2.32. The lowest BCUT2D eigenvalue weighted by molar-refractivity contribution is -0.143. The smallest absolute Gasteiger partial charge is 0.306 e. The lowest BCUT2D eigenvalue weighted by Gasteiger charge is -2.43. The van der Waals surface area contributed by atoms with Gasteiger partial charge in [0.05, 0.1) is 17.2 Å². The molecule has 9 heteroatoms. The highest BCUT2D eigenvalue weighted by atomic mass is 19.1. The second kappa shape index (κ2) is 12.7. The molecular formula is C33H35FN3O5. The molecular weight excluding hydrogens is 537 g/mol. The Kier molecular flexibility index (Phi) is 8.87. The van der Waals surface area contributed by atoms with Crippen LogP contribution in [0.2, 0.25) is 0 Å². The summed E-state index contributed by atoms with van der Waals surface area (Å²) in [6, 6.07) is 19.9. The molecule has 3 aromatic carbocycles. The number of likely N-dealkylation sites (tertiary alicyclic amines) is 1. The van der Waals surface area contributed by atoms with Crippen LogP contribution in [-0.2, 0) is 16.0 Å². The number of aliphatic carboxylic acids is 1. The Morgan fingerprint density at radius 2 is 1.71 bits per heavy atom. The summed E-state index contributed by atoms with van der Waals surface area (Å²) in [5.74, 6) is -1.53. The minimum Gasteiger partial charge on any atom is -0.481 e. The van der Waals surface area contributed by atoms with Crippen LogP contribution in [0, 0.1) is 24.6 Å². The van der Waals surface area contributed by atoms with Crippen LogP contribution in [-0.4, -0.2) is 64.4 Å². The third-order valence-electron chi connectivity index (χ3n) is 8.37. The molecule has 219 valence electrons. The molecule has 2 amide bonds. The molecule has 2 heterocycles. The lowest BCUT2D eigenvalue weighted by Crippen LogP contribution is -2.53. The zero-order chi connectivity index (χ0) is 29.8. The lowest BCUT2D eigenvalue weighted by atomic mass is 9.85. The number of hydrogen-bond donors (Lipinski definition) is 2. The van der Waals surface area contributed by atoms with Crippen molar-refractivity contribution < 1.29 is 28.6 Å². The third kappa shape index (κ3) is 6.62. The molecule has 2 N–H and O–H groups in total. The van der Waals surface area contributed by atoms with Crippen molar-refractivity contribution in [2.24, 2.45) is 11.8 Å². The summed E-state index contributed by atoms with van der Waals surface area (Å²) in [4.78, 5) is 42.3. The number of nitrogens with one attached hydrogen (secondary N) is 1. The van der Waals surface area contributed by atoms with Gasteiger partial charge in [0.2, 0.25) is 5.91 Å². The van der Waals surface area contributed by atoms with Gasteiger partial charge in [0.1, 0.15) is 23.9 Å². The van der Waals surface area contributed by atoms with Crippen LogP contribution in [0.3, 0.4) is 0 Å². The maximum Gasteiger partial charge on any atom is 0.306 e. The van der Waals surface area contributed by atoms with Crippen molar-refractivity contribution in [2.45, 2.75) is 38.3 Å². The molecule has 0 aliphatic carbocycles.